The van der Waals surface area contributed by atoms with Gasteiger partial charge in [-0.05, 0) is 54.3 Å². The molecule has 0 bridgehead atoms. The second-order valence-corrected chi connectivity index (χ2v) is 5.58. The molecule has 0 amide bonds. The summed E-state index contributed by atoms with van der Waals surface area (Å²) in [6.45, 7) is 2.54. The molecule has 0 aliphatic heterocycles. The summed E-state index contributed by atoms with van der Waals surface area (Å²) in [4.78, 5) is 0. The van der Waals surface area contributed by atoms with Gasteiger partial charge in [0.1, 0.15) is 0 Å². The Balaban J connectivity index is 1.95. The summed E-state index contributed by atoms with van der Waals surface area (Å²) in [6, 6.07) is 0. The van der Waals surface area contributed by atoms with Crippen molar-refractivity contribution < 1.29 is 0 Å². The summed E-state index contributed by atoms with van der Waals surface area (Å²) in [5.41, 5.74) is 2.82. The lowest BCUT2D eigenvalue weighted by Crippen LogP contribution is -2.41. The van der Waals surface area contributed by atoms with Crippen LogP contribution >= 0.6 is 0 Å². The van der Waals surface area contributed by atoms with Gasteiger partial charge in [-0.25, -0.2) is 0 Å². The highest BCUT2D eigenvalue weighted by atomic mass is 15.0. The van der Waals surface area contributed by atoms with Crippen molar-refractivity contribution in [3.05, 3.63) is 0 Å². The molecule has 4 rings (SSSR count). The van der Waals surface area contributed by atoms with Gasteiger partial charge in [0.25, 0.3) is 0 Å². The van der Waals surface area contributed by atoms with E-state index in [0.717, 1.165) is 16.2 Å². The Kier molecular flexibility index (Phi) is 0.408. The predicted molar refractivity (Wildman–Crippen MR) is 39.5 cm³/mol. The monoisotopic (exact) mass is 134 g/mol. The Labute approximate surface area is 62.0 Å². The number of hydrogen-bond donors (Lipinski definition) is 0. The van der Waals surface area contributed by atoms with E-state index >= 15 is 0 Å². The van der Waals surface area contributed by atoms with Gasteiger partial charge in [0.05, 0.1) is 0 Å². The van der Waals surface area contributed by atoms with E-state index in [2.05, 4.69) is 6.92 Å². The molecule has 4 fully saturated rings. The normalized spacial score (nSPS) is 80.7. The maximum absolute atomic E-state index is 2.54. The van der Waals surface area contributed by atoms with Crippen LogP contribution in [0, 0.1) is 22.2 Å². The highest BCUT2D eigenvalue weighted by molar-refractivity contribution is 5.42. The summed E-state index contributed by atoms with van der Waals surface area (Å²) in [6.07, 6.45) is 8.00. The van der Waals surface area contributed by atoms with Crippen LogP contribution in [0.15, 0.2) is 0 Å². The van der Waals surface area contributed by atoms with E-state index in [9.17, 15) is 0 Å². The molecule has 0 heterocycles. The molecule has 0 aromatic carbocycles. The topological polar surface area (TPSA) is 0 Å². The SMILES string of the molecule is C[C@]12CC[C@@]34CCC3(C1)C24. The fourth-order valence-electron chi connectivity index (χ4n) is 5.45. The summed E-state index contributed by atoms with van der Waals surface area (Å²) < 4.78 is 0. The lowest BCUT2D eigenvalue weighted by molar-refractivity contribution is -0.00345. The minimum absolute atomic E-state index is 0.858. The molecule has 2 spiro atoms. The van der Waals surface area contributed by atoms with Crippen LogP contribution in [0.3, 0.4) is 0 Å². The quantitative estimate of drug-likeness (QED) is 0.477. The van der Waals surface area contributed by atoms with E-state index in [1.807, 2.05) is 0 Å². The molecule has 2 unspecified atom stereocenters. The van der Waals surface area contributed by atoms with Gasteiger partial charge in [0, 0.05) is 0 Å². The van der Waals surface area contributed by atoms with Crippen LogP contribution in [-0.2, 0) is 0 Å². The maximum atomic E-state index is 2.54. The van der Waals surface area contributed by atoms with Crippen LogP contribution in [0.1, 0.15) is 39.0 Å². The molecule has 4 aliphatic carbocycles. The average molecular weight is 134 g/mol. The largest absolute Gasteiger partial charge is 0.0593 e. The van der Waals surface area contributed by atoms with Crippen molar-refractivity contribution in [2.24, 2.45) is 22.2 Å². The van der Waals surface area contributed by atoms with Crippen LogP contribution in [0.4, 0.5) is 0 Å². The Morgan fingerprint density at radius 3 is 2.00 bits per heavy atom. The van der Waals surface area contributed by atoms with Gasteiger partial charge in [0.15, 0.2) is 0 Å². The standard InChI is InChI=1S/C10H14/c1-8-2-3-9-4-5-10(9,6-8)7(8)9/h7H,2-6H2,1H3/t7?,8-,9-,10?/m0/s1. The van der Waals surface area contributed by atoms with Gasteiger partial charge in [-0.2, -0.15) is 0 Å². The van der Waals surface area contributed by atoms with Crippen LogP contribution in [0.25, 0.3) is 0 Å². The van der Waals surface area contributed by atoms with Gasteiger partial charge < -0.3 is 0 Å². The van der Waals surface area contributed by atoms with Crippen LogP contribution in [-0.4, -0.2) is 0 Å². The molecule has 0 nitrogen and oxygen atoms in total. The highest BCUT2D eigenvalue weighted by Gasteiger charge is 2.94. The number of rotatable bonds is 0. The Morgan fingerprint density at radius 2 is 1.70 bits per heavy atom. The molecule has 0 aromatic heterocycles. The summed E-state index contributed by atoms with van der Waals surface area (Å²) >= 11 is 0. The van der Waals surface area contributed by atoms with Crippen molar-refractivity contribution in [3.8, 4) is 0 Å². The van der Waals surface area contributed by atoms with E-state index in [1.54, 1.807) is 32.1 Å². The first-order valence-electron chi connectivity index (χ1n) is 4.74. The van der Waals surface area contributed by atoms with Crippen molar-refractivity contribution in [3.63, 3.8) is 0 Å². The first kappa shape index (κ1) is 4.79. The van der Waals surface area contributed by atoms with Gasteiger partial charge in [-0.15, -0.1) is 0 Å². The van der Waals surface area contributed by atoms with E-state index in [0.29, 0.717) is 0 Å². The van der Waals surface area contributed by atoms with E-state index in [4.69, 9.17) is 0 Å². The van der Waals surface area contributed by atoms with Crippen molar-refractivity contribution in [2.75, 3.05) is 0 Å². The zero-order valence-corrected chi connectivity index (χ0v) is 6.61. The third-order valence-electron chi connectivity index (χ3n) is 5.59. The highest BCUT2D eigenvalue weighted by Crippen LogP contribution is 3.01. The fourth-order valence-corrected chi connectivity index (χ4v) is 5.45. The van der Waals surface area contributed by atoms with Gasteiger partial charge in [-0.1, -0.05) is 6.92 Å². The lowest BCUT2D eigenvalue weighted by atomic mass is 9.55. The van der Waals surface area contributed by atoms with Crippen molar-refractivity contribution in [1.29, 1.82) is 0 Å². The molecule has 4 saturated carbocycles. The van der Waals surface area contributed by atoms with E-state index in [-0.39, 0.29) is 0 Å². The molecule has 10 heavy (non-hydrogen) atoms. The van der Waals surface area contributed by atoms with Crippen LogP contribution < -0.4 is 0 Å². The predicted octanol–water partition coefficient (Wildman–Crippen LogP) is 2.59. The second-order valence-electron chi connectivity index (χ2n) is 5.58. The second kappa shape index (κ2) is 0.852. The maximum Gasteiger partial charge on any atom is -0.0193 e. The first-order chi connectivity index (χ1) is 4.74. The van der Waals surface area contributed by atoms with Crippen molar-refractivity contribution in [2.45, 2.75) is 39.0 Å². The number of hydrogen-bond acceptors (Lipinski definition) is 0. The lowest BCUT2D eigenvalue weighted by Gasteiger charge is -2.50. The minimum atomic E-state index is 0.858. The summed E-state index contributed by atoms with van der Waals surface area (Å²) in [7, 11) is 0. The zero-order valence-electron chi connectivity index (χ0n) is 6.61. The van der Waals surface area contributed by atoms with Crippen molar-refractivity contribution >= 4 is 0 Å². The van der Waals surface area contributed by atoms with Gasteiger partial charge >= 0.3 is 0 Å². The molecule has 54 valence electrons. The molecular formula is C10H14. The molecule has 0 saturated heterocycles. The summed E-state index contributed by atoms with van der Waals surface area (Å²) in [5, 5.41) is 0. The molecule has 0 N–H and O–H groups in total. The molecule has 0 aromatic rings. The zero-order chi connectivity index (χ0) is 6.61. The smallest absolute Gasteiger partial charge is 0.0193 e. The Morgan fingerprint density at radius 1 is 1.00 bits per heavy atom. The summed E-state index contributed by atoms with van der Waals surface area (Å²) in [5.74, 6) is 1.23. The molecule has 4 atom stereocenters. The average Bonchev–Trinajstić information content (AvgIpc) is 2.13. The molecular weight excluding hydrogens is 120 g/mol. The fraction of sp³-hybridized carbons (Fsp3) is 1.00. The van der Waals surface area contributed by atoms with E-state index < -0.39 is 0 Å². The molecule has 4 aliphatic rings. The third kappa shape index (κ3) is 0.194. The van der Waals surface area contributed by atoms with Gasteiger partial charge in [0.2, 0.25) is 0 Å². The van der Waals surface area contributed by atoms with Crippen LogP contribution in [0.5, 0.6) is 0 Å². The molecule has 0 radical (unpaired) electrons. The van der Waals surface area contributed by atoms with E-state index in [1.165, 1.54) is 5.92 Å². The van der Waals surface area contributed by atoms with Crippen LogP contribution in [0.2, 0.25) is 0 Å². The Bertz CT molecular complexity index is 240. The minimum Gasteiger partial charge on any atom is -0.0593 e. The third-order valence-corrected chi connectivity index (χ3v) is 5.59. The Hall–Kier alpha value is 0. The molecule has 0 heteroatoms. The van der Waals surface area contributed by atoms with Crippen molar-refractivity contribution in [1.82, 2.24) is 0 Å². The first-order valence-corrected chi connectivity index (χ1v) is 4.74. The van der Waals surface area contributed by atoms with Gasteiger partial charge in [-0.3, -0.25) is 0 Å².